The standard InChI is InChI=1S/C19H25F3N4O2.HI/c1-18(2,3)15-10-24-16(28-15)11-26-17(23-4)25-9-13-7-5-6-8-14(13)27-12-19(20,21)22;/h5-8,10H,9,11-12H2,1-4H3,(H2,23,25,26);1H. The number of guanidine groups is 1. The van der Waals surface area contributed by atoms with Crippen molar-refractivity contribution >= 4 is 29.9 Å². The van der Waals surface area contributed by atoms with Crippen LogP contribution in [0.25, 0.3) is 0 Å². The molecular formula is C19H26F3IN4O2. The van der Waals surface area contributed by atoms with Crippen molar-refractivity contribution in [1.82, 2.24) is 15.6 Å². The molecule has 29 heavy (non-hydrogen) atoms. The molecule has 0 bridgehead atoms. The van der Waals surface area contributed by atoms with Gasteiger partial charge in [0.25, 0.3) is 0 Å². The Hall–Kier alpha value is -1.98. The second-order valence-corrected chi connectivity index (χ2v) is 7.16. The summed E-state index contributed by atoms with van der Waals surface area (Å²) in [5.74, 6) is 1.93. The minimum absolute atomic E-state index is 0. The van der Waals surface area contributed by atoms with Crippen LogP contribution in [0.4, 0.5) is 13.2 Å². The van der Waals surface area contributed by atoms with E-state index >= 15 is 0 Å². The maximum atomic E-state index is 12.4. The highest BCUT2D eigenvalue weighted by atomic mass is 127. The van der Waals surface area contributed by atoms with Gasteiger partial charge in [-0.2, -0.15) is 13.2 Å². The van der Waals surface area contributed by atoms with Gasteiger partial charge in [-0.15, -0.1) is 24.0 Å². The van der Waals surface area contributed by atoms with Gasteiger partial charge in [0.05, 0.1) is 12.7 Å². The Morgan fingerprint density at radius 1 is 1.14 bits per heavy atom. The van der Waals surface area contributed by atoms with Gasteiger partial charge in [-0.3, -0.25) is 4.99 Å². The highest BCUT2D eigenvalue weighted by Gasteiger charge is 2.28. The van der Waals surface area contributed by atoms with Gasteiger partial charge in [0.2, 0.25) is 5.89 Å². The van der Waals surface area contributed by atoms with Crippen molar-refractivity contribution in [2.45, 2.75) is 45.5 Å². The van der Waals surface area contributed by atoms with Crippen molar-refractivity contribution in [1.29, 1.82) is 0 Å². The van der Waals surface area contributed by atoms with Gasteiger partial charge < -0.3 is 19.8 Å². The first kappa shape index (κ1) is 25.1. The molecule has 1 heterocycles. The molecule has 0 fully saturated rings. The lowest BCUT2D eigenvalue weighted by Crippen LogP contribution is -2.36. The number of benzene rings is 1. The molecule has 2 aromatic rings. The Morgan fingerprint density at radius 2 is 1.79 bits per heavy atom. The zero-order chi connectivity index (χ0) is 20.8. The summed E-state index contributed by atoms with van der Waals surface area (Å²) in [7, 11) is 1.59. The zero-order valence-corrected chi connectivity index (χ0v) is 19.1. The van der Waals surface area contributed by atoms with Crippen molar-refractivity contribution in [3.63, 3.8) is 0 Å². The number of alkyl halides is 3. The highest BCUT2D eigenvalue weighted by Crippen LogP contribution is 2.23. The quantitative estimate of drug-likeness (QED) is 0.332. The third kappa shape index (κ3) is 8.50. The smallest absolute Gasteiger partial charge is 0.422 e. The van der Waals surface area contributed by atoms with Crippen LogP contribution in [0.15, 0.2) is 39.9 Å². The van der Waals surface area contributed by atoms with Crippen molar-refractivity contribution in [3.05, 3.63) is 47.7 Å². The largest absolute Gasteiger partial charge is 0.484 e. The lowest BCUT2D eigenvalue weighted by molar-refractivity contribution is -0.153. The van der Waals surface area contributed by atoms with Gasteiger partial charge in [0, 0.05) is 24.6 Å². The van der Waals surface area contributed by atoms with E-state index in [4.69, 9.17) is 9.15 Å². The van der Waals surface area contributed by atoms with E-state index in [0.29, 0.717) is 24.0 Å². The van der Waals surface area contributed by atoms with Gasteiger partial charge in [0.1, 0.15) is 11.5 Å². The monoisotopic (exact) mass is 526 g/mol. The number of aliphatic imine (C=N–C) groups is 1. The van der Waals surface area contributed by atoms with E-state index in [2.05, 4.69) is 20.6 Å². The van der Waals surface area contributed by atoms with Gasteiger partial charge in [-0.1, -0.05) is 39.0 Å². The number of nitrogens with one attached hydrogen (secondary N) is 2. The van der Waals surface area contributed by atoms with E-state index in [-0.39, 0.29) is 41.7 Å². The number of hydrogen-bond donors (Lipinski definition) is 2. The van der Waals surface area contributed by atoms with Gasteiger partial charge in [-0.05, 0) is 6.07 Å². The van der Waals surface area contributed by atoms with Gasteiger partial charge in [0.15, 0.2) is 12.6 Å². The van der Waals surface area contributed by atoms with Crippen LogP contribution in [0.1, 0.15) is 38.0 Å². The predicted octanol–water partition coefficient (Wildman–Crippen LogP) is 4.40. The summed E-state index contributed by atoms with van der Waals surface area (Å²) in [6, 6.07) is 6.54. The van der Waals surface area contributed by atoms with Crippen LogP contribution in [-0.2, 0) is 18.5 Å². The second-order valence-electron chi connectivity index (χ2n) is 7.16. The van der Waals surface area contributed by atoms with Crippen LogP contribution >= 0.6 is 24.0 Å². The van der Waals surface area contributed by atoms with Crippen molar-refractivity contribution < 1.29 is 22.3 Å². The van der Waals surface area contributed by atoms with E-state index in [1.165, 1.54) is 6.07 Å². The van der Waals surface area contributed by atoms with Crippen LogP contribution in [0, 0.1) is 0 Å². The number of nitrogens with zero attached hydrogens (tertiary/aromatic N) is 2. The first-order chi connectivity index (χ1) is 13.1. The summed E-state index contributed by atoms with van der Waals surface area (Å²) >= 11 is 0. The molecule has 0 aliphatic rings. The predicted molar refractivity (Wildman–Crippen MR) is 116 cm³/mol. The third-order valence-electron chi connectivity index (χ3n) is 3.73. The minimum Gasteiger partial charge on any atom is -0.484 e. The molecule has 0 aliphatic carbocycles. The van der Waals surface area contributed by atoms with Crippen molar-refractivity contribution in [3.8, 4) is 5.75 Å². The average molecular weight is 526 g/mol. The van der Waals surface area contributed by atoms with E-state index in [1.54, 1.807) is 31.4 Å². The first-order valence-electron chi connectivity index (χ1n) is 8.75. The lowest BCUT2D eigenvalue weighted by Gasteiger charge is -2.15. The van der Waals surface area contributed by atoms with E-state index in [0.717, 1.165) is 5.76 Å². The lowest BCUT2D eigenvalue weighted by atomic mass is 9.94. The molecule has 0 spiro atoms. The highest BCUT2D eigenvalue weighted by molar-refractivity contribution is 14.0. The molecule has 0 radical (unpaired) electrons. The first-order valence-corrected chi connectivity index (χ1v) is 8.75. The van der Waals surface area contributed by atoms with Crippen LogP contribution < -0.4 is 15.4 Å². The molecule has 0 saturated carbocycles. The molecule has 0 saturated heterocycles. The summed E-state index contributed by atoms with van der Waals surface area (Å²) in [5.41, 5.74) is 0.450. The normalized spacial score (nSPS) is 12.3. The third-order valence-corrected chi connectivity index (χ3v) is 3.73. The SMILES string of the molecule is CN=C(NCc1ncc(C(C)(C)C)o1)NCc1ccccc1OCC(F)(F)F.I. The fourth-order valence-electron chi connectivity index (χ4n) is 2.25. The fourth-order valence-corrected chi connectivity index (χ4v) is 2.25. The molecular weight excluding hydrogens is 500 g/mol. The maximum absolute atomic E-state index is 12.4. The molecule has 0 atom stereocenters. The number of aromatic nitrogens is 1. The summed E-state index contributed by atoms with van der Waals surface area (Å²) in [6.07, 6.45) is -2.69. The van der Waals surface area contributed by atoms with E-state index in [1.807, 2.05) is 20.8 Å². The Morgan fingerprint density at radius 3 is 2.38 bits per heavy atom. The molecule has 0 aliphatic heterocycles. The fraction of sp³-hybridized carbons (Fsp3) is 0.474. The Labute approximate surface area is 185 Å². The minimum atomic E-state index is -4.39. The average Bonchev–Trinajstić information content (AvgIpc) is 3.09. The van der Waals surface area contributed by atoms with Crippen LogP contribution in [0.2, 0.25) is 0 Å². The topological polar surface area (TPSA) is 71.7 Å². The molecule has 162 valence electrons. The summed E-state index contributed by atoms with van der Waals surface area (Å²) in [5, 5.41) is 6.10. The molecule has 2 N–H and O–H groups in total. The summed E-state index contributed by atoms with van der Waals surface area (Å²) < 4.78 is 47.8. The number of hydrogen-bond acceptors (Lipinski definition) is 4. The molecule has 0 amide bonds. The molecule has 2 rings (SSSR count). The van der Waals surface area contributed by atoms with Gasteiger partial charge in [-0.25, -0.2) is 4.98 Å². The molecule has 1 aromatic carbocycles. The second kappa shape index (κ2) is 10.7. The molecule has 10 heteroatoms. The van der Waals surface area contributed by atoms with Crippen LogP contribution in [0.3, 0.4) is 0 Å². The Kier molecular flexibility index (Phi) is 9.24. The number of rotatable bonds is 6. The number of ether oxygens (including phenoxy) is 1. The van der Waals surface area contributed by atoms with Crippen LogP contribution in [0.5, 0.6) is 5.75 Å². The number of oxazole rings is 1. The maximum Gasteiger partial charge on any atom is 0.422 e. The molecule has 1 aromatic heterocycles. The Balaban J connectivity index is 0.00000420. The molecule has 0 unspecified atom stereocenters. The van der Waals surface area contributed by atoms with Crippen LogP contribution in [-0.4, -0.2) is 30.8 Å². The van der Waals surface area contributed by atoms with Gasteiger partial charge >= 0.3 is 6.18 Å². The molecule has 6 nitrogen and oxygen atoms in total. The van der Waals surface area contributed by atoms with E-state index < -0.39 is 12.8 Å². The summed E-state index contributed by atoms with van der Waals surface area (Å²) in [6.45, 7) is 5.32. The number of halogens is 4. The van der Waals surface area contributed by atoms with Crippen molar-refractivity contribution in [2.75, 3.05) is 13.7 Å². The van der Waals surface area contributed by atoms with Crippen molar-refractivity contribution in [2.24, 2.45) is 4.99 Å². The Bertz CT molecular complexity index is 801. The number of para-hydroxylation sites is 1. The van der Waals surface area contributed by atoms with E-state index in [9.17, 15) is 13.2 Å². The zero-order valence-electron chi connectivity index (χ0n) is 16.8. The summed E-state index contributed by atoms with van der Waals surface area (Å²) in [4.78, 5) is 8.32.